The number of carbonyl (C=O) groups is 2. The first kappa shape index (κ1) is 32.4. The third kappa shape index (κ3) is 7.89. The molecule has 0 aliphatic carbocycles. The number of aryl methyl sites for hydroxylation is 1. The van der Waals surface area contributed by atoms with Crippen molar-refractivity contribution in [2.45, 2.75) is 30.8 Å². The Morgan fingerprint density at radius 2 is 1.44 bits per heavy atom. The lowest BCUT2D eigenvalue weighted by Crippen LogP contribution is -2.53. The fourth-order valence-electron chi connectivity index (χ4n) is 4.64. The van der Waals surface area contributed by atoms with E-state index in [1.807, 2.05) is 30.3 Å². The van der Waals surface area contributed by atoms with Crippen molar-refractivity contribution in [1.29, 1.82) is 0 Å². The Bertz CT molecular complexity index is 1700. The fraction of sp³-hybridized carbons (Fsp3) is 0.188. The van der Waals surface area contributed by atoms with Gasteiger partial charge in [-0.1, -0.05) is 95.5 Å². The first-order valence-corrected chi connectivity index (χ1v) is 15.9. The van der Waals surface area contributed by atoms with Gasteiger partial charge in [0.25, 0.3) is 10.0 Å². The minimum absolute atomic E-state index is 0.00149. The summed E-state index contributed by atoms with van der Waals surface area (Å²) in [5.41, 5.74) is 2.19. The highest BCUT2D eigenvalue weighted by molar-refractivity contribution is 7.92. The van der Waals surface area contributed by atoms with Gasteiger partial charge in [0.1, 0.15) is 12.6 Å². The van der Waals surface area contributed by atoms with Gasteiger partial charge in [-0.2, -0.15) is 0 Å². The van der Waals surface area contributed by atoms with Crippen LogP contribution in [0, 0.1) is 6.92 Å². The molecule has 1 atom stereocenters. The second-order valence-electron chi connectivity index (χ2n) is 9.83. The summed E-state index contributed by atoms with van der Waals surface area (Å²) in [5.74, 6) is -1.03. The monoisotopic (exact) mass is 657 g/mol. The lowest BCUT2D eigenvalue weighted by Gasteiger charge is -2.34. The van der Waals surface area contributed by atoms with Crippen LogP contribution in [0.3, 0.4) is 0 Å². The molecule has 0 bridgehead atoms. The highest BCUT2D eigenvalue weighted by Gasteiger charge is 2.35. The normalized spacial score (nSPS) is 11.9. The smallest absolute Gasteiger partial charge is 0.264 e. The van der Waals surface area contributed by atoms with E-state index >= 15 is 0 Å². The van der Waals surface area contributed by atoms with E-state index in [-0.39, 0.29) is 23.5 Å². The van der Waals surface area contributed by atoms with Crippen LogP contribution in [0.5, 0.6) is 0 Å². The predicted molar refractivity (Wildman–Crippen MR) is 172 cm³/mol. The van der Waals surface area contributed by atoms with E-state index in [4.69, 9.17) is 34.8 Å². The average molecular weight is 659 g/mol. The van der Waals surface area contributed by atoms with Gasteiger partial charge < -0.3 is 10.2 Å². The summed E-state index contributed by atoms with van der Waals surface area (Å²) in [5, 5.41) is 3.67. The zero-order chi connectivity index (χ0) is 31.1. The quantitative estimate of drug-likeness (QED) is 0.198. The number of benzene rings is 4. The lowest BCUT2D eigenvalue weighted by atomic mass is 10.0. The minimum Gasteiger partial charge on any atom is -0.357 e. The topological polar surface area (TPSA) is 86.8 Å². The molecule has 0 fully saturated rings. The first-order chi connectivity index (χ1) is 20.5. The second-order valence-corrected chi connectivity index (χ2v) is 13.0. The number of carbonyl (C=O) groups excluding carboxylic acids is 2. The van der Waals surface area contributed by atoms with E-state index < -0.39 is 34.4 Å². The largest absolute Gasteiger partial charge is 0.357 e. The van der Waals surface area contributed by atoms with Gasteiger partial charge in [0.2, 0.25) is 11.8 Å². The number of halogens is 3. The van der Waals surface area contributed by atoms with E-state index in [0.29, 0.717) is 26.2 Å². The third-order valence-corrected chi connectivity index (χ3v) is 9.52. The second kappa shape index (κ2) is 14.3. The number of likely N-dealkylation sites (N-methyl/N-ethyl adjacent to an activating group) is 1. The summed E-state index contributed by atoms with van der Waals surface area (Å²) in [7, 11) is -2.75. The Hall–Kier alpha value is -3.56. The zero-order valence-corrected chi connectivity index (χ0v) is 26.6. The number of nitrogens with one attached hydrogen (secondary N) is 1. The predicted octanol–water partition coefficient (Wildman–Crippen LogP) is 6.54. The number of sulfonamides is 1. The van der Waals surface area contributed by atoms with Gasteiger partial charge in [0, 0.05) is 35.1 Å². The van der Waals surface area contributed by atoms with Crippen molar-refractivity contribution in [3.63, 3.8) is 0 Å². The van der Waals surface area contributed by atoms with Crippen molar-refractivity contribution in [1.82, 2.24) is 10.2 Å². The van der Waals surface area contributed by atoms with Gasteiger partial charge in [0.05, 0.1) is 10.6 Å². The molecule has 11 heteroatoms. The molecule has 1 N–H and O–H groups in total. The molecule has 4 aromatic carbocycles. The standard InChI is InChI=1S/C32H30Cl3N3O4S/c1-22-13-15-26(34)19-29(22)38(43(41,42)27-11-7-4-8-12-27)21-31(39)37(20-24-14-16-25(33)18-28(24)35)30(32(40)36-2)17-23-9-5-3-6-10-23/h3-16,18-19,30H,17,20-21H2,1-2H3,(H,36,40)/t30-/m0/s1. The van der Waals surface area contributed by atoms with E-state index in [2.05, 4.69) is 5.32 Å². The molecule has 43 heavy (non-hydrogen) atoms. The first-order valence-electron chi connectivity index (χ1n) is 13.3. The highest BCUT2D eigenvalue weighted by atomic mass is 35.5. The summed E-state index contributed by atoms with van der Waals surface area (Å²) in [6.45, 7) is 1.05. The van der Waals surface area contributed by atoms with Gasteiger partial charge in [-0.05, 0) is 60.0 Å². The van der Waals surface area contributed by atoms with Crippen LogP contribution in [-0.4, -0.2) is 44.8 Å². The molecule has 7 nitrogen and oxygen atoms in total. The van der Waals surface area contributed by atoms with Crippen molar-refractivity contribution >= 4 is 62.3 Å². The maximum absolute atomic E-state index is 14.4. The van der Waals surface area contributed by atoms with Gasteiger partial charge in [0.15, 0.2) is 0 Å². The van der Waals surface area contributed by atoms with Crippen LogP contribution in [0.15, 0.2) is 102 Å². The molecule has 0 saturated heterocycles. The third-order valence-electron chi connectivity index (χ3n) is 6.92. The summed E-state index contributed by atoms with van der Waals surface area (Å²) in [4.78, 5) is 29.1. The molecule has 4 aromatic rings. The number of hydrogen-bond donors (Lipinski definition) is 1. The molecule has 2 amide bonds. The van der Waals surface area contributed by atoms with Crippen molar-refractivity contribution in [3.8, 4) is 0 Å². The van der Waals surface area contributed by atoms with Gasteiger partial charge in [-0.25, -0.2) is 8.42 Å². The van der Waals surface area contributed by atoms with Crippen molar-refractivity contribution < 1.29 is 18.0 Å². The summed E-state index contributed by atoms with van der Waals surface area (Å²) < 4.78 is 29.1. The molecule has 0 aromatic heterocycles. The number of amides is 2. The van der Waals surface area contributed by atoms with Gasteiger partial charge >= 0.3 is 0 Å². The van der Waals surface area contributed by atoms with Gasteiger partial charge in [-0.3, -0.25) is 13.9 Å². The molecular weight excluding hydrogens is 629 g/mol. The van der Waals surface area contributed by atoms with E-state index in [9.17, 15) is 18.0 Å². The Morgan fingerprint density at radius 3 is 2.07 bits per heavy atom. The SMILES string of the molecule is CNC(=O)[C@H](Cc1ccccc1)N(Cc1ccc(Cl)cc1Cl)C(=O)CN(c1cc(Cl)ccc1C)S(=O)(=O)c1ccccc1. The Morgan fingerprint density at radius 1 is 0.837 bits per heavy atom. The number of anilines is 1. The van der Waals surface area contributed by atoms with Crippen LogP contribution in [0.4, 0.5) is 5.69 Å². The molecule has 0 heterocycles. The van der Waals surface area contributed by atoms with Crippen LogP contribution < -0.4 is 9.62 Å². The maximum Gasteiger partial charge on any atom is 0.264 e. The summed E-state index contributed by atoms with van der Waals surface area (Å²) in [6.07, 6.45) is 0.180. The Balaban J connectivity index is 1.83. The summed E-state index contributed by atoms with van der Waals surface area (Å²) in [6, 6.07) is 25.8. The van der Waals surface area contributed by atoms with Crippen LogP contribution in [0.1, 0.15) is 16.7 Å². The van der Waals surface area contributed by atoms with Crippen molar-refractivity contribution in [2.75, 3.05) is 17.9 Å². The van der Waals surface area contributed by atoms with E-state index in [1.54, 1.807) is 55.5 Å². The maximum atomic E-state index is 14.4. The summed E-state index contributed by atoms with van der Waals surface area (Å²) >= 11 is 18.9. The molecule has 0 aliphatic heterocycles. The van der Waals surface area contributed by atoms with Crippen molar-refractivity contribution in [3.05, 3.63) is 129 Å². The lowest BCUT2D eigenvalue weighted by molar-refractivity contribution is -0.139. The number of nitrogens with zero attached hydrogens (tertiary/aromatic N) is 2. The Labute approximate surface area is 267 Å². The van der Waals surface area contributed by atoms with Crippen molar-refractivity contribution in [2.24, 2.45) is 0 Å². The van der Waals surface area contributed by atoms with Crippen LogP contribution in [-0.2, 0) is 32.6 Å². The van der Waals surface area contributed by atoms with E-state index in [1.165, 1.54) is 30.1 Å². The molecule has 0 radical (unpaired) electrons. The molecule has 0 unspecified atom stereocenters. The van der Waals surface area contributed by atoms with E-state index in [0.717, 1.165) is 9.87 Å². The molecule has 224 valence electrons. The average Bonchev–Trinajstić information content (AvgIpc) is 3.00. The number of hydrogen-bond acceptors (Lipinski definition) is 4. The molecule has 4 rings (SSSR count). The van der Waals surface area contributed by atoms with Gasteiger partial charge in [-0.15, -0.1) is 0 Å². The van der Waals surface area contributed by atoms with Crippen LogP contribution >= 0.6 is 34.8 Å². The highest BCUT2D eigenvalue weighted by Crippen LogP contribution is 2.31. The number of rotatable bonds is 11. The molecular formula is C32H30Cl3N3O4S. The fourth-order valence-corrected chi connectivity index (χ4v) is 6.76. The molecule has 0 aliphatic rings. The zero-order valence-electron chi connectivity index (χ0n) is 23.5. The van der Waals surface area contributed by atoms with Crippen LogP contribution in [0.2, 0.25) is 15.1 Å². The Kier molecular flexibility index (Phi) is 10.7. The minimum atomic E-state index is -4.24. The van der Waals surface area contributed by atoms with Crippen LogP contribution in [0.25, 0.3) is 0 Å². The molecule has 0 saturated carbocycles. The molecule has 0 spiro atoms.